The monoisotopic (exact) mass is 440 g/mol. The van der Waals surface area contributed by atoms with Crippen molar-refractivity contribution in [1.82, 2.24) is 15.0 Å². The van der Waals surface area contributed by atoms with Gasteiger partial charge < -0.3 is 4.57 Å². The Morgan fingerprint density at radius 1 is 1.00 bits per heavy atom. The molecule has 32 heavy (non-hydrogen) atoms. The molecular formula is C26H24N4OS. The van der Waals surface area contributed by atoms with E-state index in [1.165, 1.54) is 17.3 Å². The van der Waals surface area contributed by atoms with Gasteiger partial charge in [0, 0.05) is 0 Å². The third kappa shape index (κ3) is 5.74. The molecule has 1 amide bonds. The van der Waals surface area contributed by atoms with Crippen LogP contribution in [0.2, 0.25) is 0 Å². The van der Waals surface area contributed by atoms with E-state index in [4.69, 9.17) is 4.98 Å². The second kappa shape index (κ2) is 10.6. The first-order chi connectivity index (χ1) is 15.7. The molecule has 0 aliphatic heterocycles. The second-order valence-electron chi connectivity index (χ2n) is 7.34. The summed E-state index contributed by atoms with van der Waals surface area (Å²) >= 11 is 1.41. The van der Waals surface area contributed by atoms with Gasteiger partial charge in [-0.15, -0.1) is 0 Å². The molecule has 5 nitrogen and oxygen atoms in total. The molecule has 160 valence electrons. The molecule has 1 heterocycles. The third-order valence-electron chi connectivity index (χ3n) is 4.79. The van der Waals surface area contributed by atoms with Crippen molar-refractivity contribution in [3.8, 4) is 0 Å². The Labute approximate surface area is 191 Å². The van der Waals surface area contributed by atoms with E-state index in [9.17, 15) is 4.79 Å². The van der Waals surface area contributed by atoms with Crippen LogP contribution in [-0.4, -0.2) is 27.4 Å². The van der Waals surface area contributed by atoms with Gasteiger partial charge in [-0.1, -0.05) is 90.6 Å². The first-order valence-electron chi connectivity index (χ1n) is 10.4. The fourth-order valence-corrected chi connectivity index (χ4v) is 4.11. The van der Waals surface area contributed by atoms with Crippen molar-refractivity contribution in [3.05, 3.63) is 102 Å². The van der Waals surface area contributed by atoms with E-state index in [1.807, 2.05) is 79.7 Å². The van der Waals surface area contributed by atoms with Gasteiger partial charge in [0.05, 0.1) is 29.5 Å². The highest BCUT2D eigenvalue weighted by atomic mass is 32.2. The van der Waals surface area contributed by atoms with Crippen LogP contribution in [0.4, 0.5) is 0 Å². The maximum absolute atomic E-state index is 12.3. The zero-order valence-electron chi connectivity index (χ0n) is 17.8. The molecule has 1 N–H and O–H groups in total. The number of fused-ring (bicyclic) bond motifs is 1. The van der Waals surface area contributed by atoms with E-state index >= 15 is 0 Å². The lowest BCUT2D eigenvalue weighted by molar-refractivity contribution is -0.118. The van der Waals surface area contributed by atoms with Gasteiger partial charge in [0.1, 0.15) is 0 Å². The van der Waals surface area contributed by atoms with Crippen molar-refractivity contribution in [1.29, 1.82) is 0 Å². The molecule has 0 radical (unpaired) electrons. The predicted molar refractivity (Wildman–Crippen MR) is 133 cm³/mol. The minimum atomic E-state index is -0.169. The first kappa shape index (κ1) is 21.6. The quantitative estimate of drug-likeness (QED) is 0.227. The Kier molecular flexibility index (Phi) is 7.15. The average Bonchev–Trinajstić information content (AvgIpc) is 3.16. The van der Waals surface area contributed by atoms with Gasteiger partial charge in [-0.2, -0.15) is 5.10 Å². The van der Waals surface area contributed by atoms with Crippen molar-refractivity contribution < 1.29 is 4.79 Å². The van der Waals surface area contributed by atoms with Crippen LogP contribution < -0.4 is 5.43 Å². The molecule has 4 rings (SSSR count). The fourth-order valence-electron chi connectivity index (χ4n) is 3.30. The van der Waals surface area contributed by atoms with E-state index in [1.54, 1.807) is 6.21 Å². The number of hydrazone groups is 1. The topological polar surface area (TPSA) is 59.3 Å². The number of carbonyl (C=O) groups excluding carboxylic acids is 1. The van der Waals surface area contributed by atoms with E-state index in [0.29, 0.717) is 6.54 Å². The average molecular weight is 441 g/mol. The van der Waals surface area contributed by atoms with Crippen LogP contribution in [0.15, 0.2) is 101 Å². The van der Waals surface area contributed by atoms with Gasteiger partial charge in [0.2, 0.25) is 0 Å². The number of hydrogen-bond acceptors (Lipinski definition) is 4. The Bertz CT molecular complexity index is 1250. The number of allylic oxidation sites excluding steroid dienone is 1. The van der Waals surface area contributed by atoms with Gasteiger partial charge in [0.25, 0.3) is 5.91 Å². The summed E-state index contributed by atoms with van der Waals surface area (Å²) in [4.78, 5) is 17.1. The molecule has 0 bridgehead atoms. The van der Waals surface area contributed by atoms with Crippen LogP contribution in [0.3, 0.4) is 0 Å². The van der Waals surface area contributed by atoms with Gasteiger partial charge >= 0.3 is 0 Å². The molecule has 0 fully saturated rings. The van der Waals surface area contributed by atoms with E-state index in [2.05, 4.69) is 33.3 Å². The molecule has 6 heteroatoms. The van der Waals surface area contributed by atoms with Gasteiger partial charge in [-0.3, -0.25) is 4.79 Å². The SMILES string of the molecule is CC(=C/c1ccccc1)/C=N/NC(=O)CSc1nc2ccccc2n1Cc1ccccc1. The summed E-state index contributed by atoms with van der Waals surface area (Å²) in [5.74, 6) is 0.0637. The molecule has 0 saturated heterocycles. The molecule has 0 aliphatic rings. The Balaban J connectivity index is 1.40. The van der Waals surface area contributed by atoms with Gasteiger partial charge in [0.15, 0.2) is 5.16 Å². The molecular weight excluding hydrogens is 416 g/mol. The number of hydrogen-bond donors (Lipinski definition) is 1. The zero-order valence-corrected chi connectivity index (χ0v) is 18.6. The molecule has 0 aliphatic carbocycles. The summed E-state index contributed by atoms with van der Waals surface area (Å²) in [6.07, 6.45) is 3.66. The molecule has 0 saturated carbocycles. The first-order valence-corrected chi connectivity index (χ1v) is 11.3. The minimum Gasteiger partial charge on any atom is -0.314 e. The lowest BCUT2D eigenvalue weighted by atomic mass is 10.1. The number of para-hydroxylation sites is 2. The molecule has 3 aromatic carbocycles. The summed E-state index contributed by atoms with van der Waals surface area (Å²) in [5.41, 5.74) is 7.81. The Morgan fingerprint density at radius 2 is 1.69 bits per heavy atom. The lowest BCUT2D eigenvalue weighted by Crippen LogP contribution is -2.20. The van der Waals surface area contributed by atoms with Crippen LogP contribution in [0.5, 0.6) is 0 Å². The summed E-state index contributed by atoms with van der Waals surface area (Å²) in [7, 11) is 0. The van der Waals surface area contributed by atoms with E-state index in [-0.39, 0.29) is 11.7 Å². The number of nitrogens with zero attached hydrogens (tertiary/aromatic N) is 3. The lowest BCUT2D eigenvalue weighted by Gasteiger charge is -2.09. The van der Waals surface area contributed by atoms with Gasteiger partial charge in [-0.05, 0) is 35.8 Å². The highest BCUT2D eigenvalue weighted by Crippen LogP contribution is 2.25. The van der Waals surface area contributed by atoms with Crippen LogP contribution in [0, 0.1) is 0 Å². The molecule has 4 aromatic rings. The maximum Gasteiger partial charge on any atom is 0.250 e. The fraction of sp³-hybridized carbons (Fsp3) is 0.115. The minimum absolute atomic E-state index is 0.169. The number of aromatic nitrogens is 2. The van der Waals surface area contributed by atoms with Crippen molar-refractivity contribution in [2.75, 3.05) is 5.75 Å². The predicted octanol–water partition coefficient (Wildman–Crippen LogP) is 5.38. The summed E-state index contributed by atoms with van der Waals surface area (Å²) < 4.78 is 2.15. The largest absolute Gasteiger partial charge is 0.314 e. The summed E-state index contributed by atoms with van der Waals surface area (Å²) in [6.45, 7) is 2.65. The highest BCUT2D eigenvalue weighted by molar-refractivity contribution is 7.99. The molecule has 1 aromatic heterocycles. The number of rotatable bonds is 8. The van der Waals surface area contributed by atoms with Crippen LogP contribution >= 0.6 is 11.8 Å². The Morgan fingerprint density at radius 3 is 2.47 bits per heavy atom. The van der Waals surface area contributed by atoms with Crippen molar-refractivity contribution in [2.45, 2.75) is 18.6 Å². The number of thioether (sulfide) groups is 1. The number of imidazole rings is 1. The maximum atomic E-state index is 12.3. The van der Waals surface area contributed by atoms with E-state index < -0.39 is 0 Å². The smallest absolute Gasteiger partial charge is 0.250 e. The highest BCUT2D eigenvalue weighted by Gasteiger charge is 2.13. The molecule has 0 spiro atoms. The van der Waals surface area contributed by atoms with E-state index in [0.717, 1.165) is 27.3 Å². The third-order valence-corrected chi connectivity index (χ3v) is 5.76. The normalized spacial score (nSPS) is 11.8. The van der Waals surface area contributed by atoms with Crippen LogP contribution in [0.25, 0.3) is 17.1 Å². The standard InChI is InChI=1S/C26H24N4OS/c1-20(16-21-10-4-2-5-11-21)17-27-29-25(31)19-32-26-28-23-14-8-9-15-24(23)30(26)18-22-12-6-3-7-13-22/h2-17H,18-19H2,1H3,(H,29,31)/b20-16-,27-17+. The number of carbonyl (C=O) groups is 1. The Hall–Kier alpha value is -3.64. The van der Waals surface area contributed by atoms with Gasteiger partial charge in [-0.25, -0.2) is 10.4 Å². The summed E-state index contributed by atoms with van der Waals surface area (Å²) in [5, 5.41) is 4.89. The van der Waals surface area contributed by atoms with Crippen molar-refractivity contribution in [3.63, 3.8) is 0 Å². The van der Waals surface area contributed by atoms with Crippen molar-refractivity contribution >= 4 is 41.0 Å². The molecule has 0 unspecified atom stereocenters. The summed E-state index contributed by atoms with van der Waals surface area (Å²) in [6, 6.07) is 28.3. The van der Waals surface area contributed by atoms with Crippen LogP contribution in [0.1, 0.15) is 18.1 Å². The number of benzene rings is 3. The van der Waals surface area contributed by atoms with Crippen molar-refractivity contribution in [2.24, 2.45) is 5.10 Å². The van der Waals surface area contributed by atoms with Crippen LogP contribution in [-0.2, 0) is 11.3 Å². The molecule has 0 atom stereocenters. The second-order valence-corrected chi connectivity index (χ2v) is 8.28. The number of nitrogens with one attached hydrogen (secondary N) is 1. The number of amides is 1. The zero-order chi connectivity index (χ0) is 22.2.